The highest BCUT2D eigenvalue weighted by atomic mass is 14.3. The van der Waals surface area contributed by atoms with Crippen molar-refractivity contribution in [2.45, 2.75) is 26.7 Å². The molecule has 0 amide bonds. The highest BCUT2D eigenvalue weighted by molar-refractivity contribution is 6.19. The van der Waals surface area contributed by atoms with Gasteiger partial charge in [0, 0.05) is 0 Å². The third-order valence-electron chi connectivity index (χ3n) is 8.20. The lowest BCUT2D eigenvalue weighted by Crippen LogP contribution is -2.02. The molecule has 7 rings (SSSR count). The number of rotatable bonds is 5. The van der Waals surface area contributed by atoms with Crippen LogP contribution in [0.1, 0.15) is 25.0 Å². The van der Waals surface area contributed by atoms with E-state index in [0.29, 0.717) is 0 Å². The van der Waals surface area contributed by atoms with Gasteiger partial charge in [0.25, 0.3) is 0 Å². The second-order valence-electron chi connectivity index (χ2n) is 10.2. The molecular formula is C38H30. The van der Waals surface area contributed by atoms with Crippen molar-refractivity contribution in [2.24, 2.45) is 0 Å². The van der Waals surface area contributed by atoms with Crippen molar-refractivity contribution in [3.8, 4) is 55.6 Å². The Morgan fingerprint density at radius 2 is 0.789 bits per heavy atom. The Morgan fingerprint density at radius 1 is 0.368 bits per heavy atom. The predicted octanol–water partition coefficient (Wildman–Crippen LogP) is 10.6. The van der Waals surface area contributed by atoms with Crippen LogP contribution in [0, 0.1) is 0 Å². The lowest BCUT2D eigenvalue weighted by molar-refractivity contribution is 1.11. The van der Waals surface area contributed by atoms with Gasteiger partial charge in [0.15, 0.2) is 0 Å². The van der Waals surface area contributed by atoms with Gasteiger partial charge in [-0.25, -0.2) is 0 Å². The number of benzene rings is 6. The summed E-state index contributed by atoms with van der Waals surface area (Å²) in [6, 6.07) is 44.6. The zero-order valence-corrected chi connectivity index (χ0v) is 22.0. The maximum atomic E-state index is 2.33. The number of fused-ring (bicyclic) bond motifs is 3. The van der Waals surface area contributed by atoms with Crippen LogP contribution in [-0.4, -0.2) is 0 Å². The zero-order chi connectivity index (χ0) is 25.6. The van der Waals surface area contributed by atoms with Gasteiger partial charge in [-0.2, -0.15) is 0 Å². The van der Waals surface area contributed by atoms with E-state index in [2.05, 4.69) is 135 Å². The molecule has 0 bridgehead atoms. The lowest BCUT2D eigenvalue weighted by atomic mass is 9.78. The standard InChI is InChI=1S/C38H30/c1-3-30-35(28-15-9-6-10-16-28)36(29-23-21-26(22-24-29)25-13-7-5-8-14-25)31(4-2)38-33-20-12-18-27-17-11-19-32(34(27)33)37(30)38/h5-24H,3-4H2,1-2H3. The van der Waals surface area contributed by atoms with Crippen molar-refractivity contribution < 1.29 is 0 Å². The molecule has 0 unspecified atom stereocenters. The van der Waals surface area contributed by atoms with Gasteiger partial charge >= 0.3 is 0 Å². The third-order valence-corrected chi connectivity index (χ3v) is 8.20. The molecule has 38 heavy (non-hydrogen) atoms. The summed E-state index contributed by atoms with van der Waals surface area (Å²) in [5.74, 6) is 0. The summed E-state index contributed by atoms with van der Waals surface area (Å²) in [5, 5.41) is 2.74. The monoisotopic (exact) mass is 486 g/mol. The maximum absolute atomic E-state index is 2.33. The largest absolute Gasteiger partial charge is 0.0622 e. The van der Waals surface area contributed by atoms with E-state index in [1.165, 1.54) is 77.5 Å². The average molecular weight is 487 g/mol. The Kier molecular flexibility index (Phi) is 5.48. The van der Waals surface area contributed by atoms with Crippen LogP contribution in [0.25, 0.3) is 66.4 Å². The normalized spacial score (nSPS) is 11.6. The van der Waals surface area contributed by atoms with E-state index in [0.717, 1.165) is 12.8 Å². The van der Waals surface area contributed by atoms with Gasteiger partial charge in [0.2, 0.25) is 0 Å². The molecule has 1 aliphatic rings. The van der Waals surface area contributed by atoms with Crippen LogP contribution in [0.4, 0.5) is 0 Å². The first-order valence-electron chi connectivity index (χ1n) is 13.8. The third kappa shape index (κ3) is 3.37. The quantitative estimate of drug-likeness (QED) is 0.227. The second-order valence-corrected chi connectivity index (χ2v) is 10.2. The molecular weight excluding hydrogens is 456 g/mol. The molecule has 0 atom stereocenters. The molecule has 0 saturated heterocycles. The highest BCUT2D eigenvalue weighted by Gasteiger charge is 2.31. The first kappa shape index (κ1) is 22.8. The van der Waals surface area contributed by atoms with Crippen molar-refractivity contribution in [2.75, 3.05) is 0 Å². The van der Waals surface area contributed by atoms with Crippen LogP contribution in [0.2, 0.25) is 0 Å². The van der Waals surface area contributed by atoms with Crippen molar-refractivity contribution >= 4 is 10.8 Å². The van der Waals surface area contributed by atoms with E-state index in [1.807, 2.05) is 0 Å². The average Bonchev–Trinajstić information content (AvgIpc) is 3.33. The predicted molar refractivity (Wildman–Crippen MR) is 163 cm³/mol. The molecule has 0 aliphatic heterocycles. The van der Waals surface area contributed by atoms with E-state index >= 15 is 0 Å². The first-order chi connectivity index (χ1) is 18.8. The van der Waals surface area contributed by atoms with Gasteiger partial charge in [0.1, 0.15) is 0 Å². The molecule has 182 valence electrons. The van der Waals surface area contributed by atoms with Crippen molar-refractivity contribution in [1.29, 1.82) is 0 Å². The maximum Gasteiger partial charge on any atom is -0.00262 e. The minimum absolute atomic E-state index is 0.978. The van der Waals surface area contributed by atoms with E-state index in [-0.39, 0.29) is 0 Å². The van der Waals surface area contributed by atoms with E-state index in [4.69, 9.17) is 0 Å². The summed E-state index contributed by atoms with van der Waals surface area (Å²) in [6.45, 7) is 4.64. The van der Waals surface area contributed by atoms with Gasteiger partial charge in [-0.15, -0.1) is 0 Å². The van der Waals surface area contributed by atoms with Gasteiger partial charge in [-0.05, 0) is 90.4 Å². The highest BCUT2D eigenvalue weighted by Crippen LogP contribution is 2.55. The van der Waals surface area contributed by atoms with Gasteiger partial charge in [-0.3, -0.25) is 0 Å². The molecule has 1 aliphatic carbocycles. The minimum Gasteiger partial charge on any atom is -0.0622 e. The fourth-order valence-electron chi connectivity index (χ4n) is 6.61. The Bertz CT molecular complexity index is 1780. The molecule has 0 nitrogen and oxygen atoms in total. The van der Waals surface area contributed by atoms with E-state index in [1.54, 1.807) is 0 Å². The van der Waals surface area contributed by atoms with Crippen molar-refractivity contribution in [3.05, 3.63) is 132 Å². The van der Waals surface area contributed by atoms with Gasteiger partial charge < -0.3 is 0 Å². The molecule has 6 aromatic carbocycles. The van der Waals surface area contributed by atoms with Crippen LogP contribution in [-0.2, 0) is 12.8 Å². The zero-order valence-electron chi connectivity index (χ0n) is 22.0. The van der Waals surface area contributed by atoms with Crippen molar-refractivity contribution in [1.82, 2.24) is 0 Å². The summed E-state index contributed by atoms with van der Waals surface area (Å²) in [4.78, 5) is 0. The Hall–Kier alpha value is -4.42. The summed E-state index contributed by atoms with van der Waals surface area (Å²) >= 11 is 0. The smallest absolute Gasteiger partial charge is 0.00262 e. The van der Waals surface area contributed by atoms with Crippen LogP contribution in [0.3, 0.4) is 0 Å². The van der Waals surface area contributed by atoms with Crippen LogP contribution < -0.4 is 0 Å². The molecule has 0 fully saturated rings. The number of hydrogen-bond donors (Lipinski definition) is 0. The molecule has 0 heteroatoms. The SMILES string of the molecule is CCc1c(-c2ccccc2)c(-c2ccc(-c3ccccc3)cc2)c(CC)c2c1-c1cccc3cccc-2c13. The van der Waals surface area contributed by atoms with Crippen LogP contribution in [0.15, 0.2) is 121 Å². The summed E-state index contributed by atoms with van der Waals surface area (Å²) in [7, 11) is 0. The summed E-state index contributed by atoms with van der Waals surface area (Å²) in [6.07, 6.45) is 1.96. The van der Waals surface area contributed by atoms with Gasteiger partial charge in [-0.1, -0.05) is 135 Å². The molecule has 0 aromatic heterocycles. The molecule has 0 radical (unpaired) electrons. The van der Waals surface area contributed by atoms with Crippen LogP contribution in [0.5, 0.6) is 0 Å². The molecule has 0 heterocycles. The topological polar surface area (TPSA) is 0 Å². The fraction of sp³-hybridized carbons (Fsp3) is 0.105. The molecule has 0 saturated carbocycles. The van der Waals surface area contributed by atoms with E-state index < -0.39 is 0 Å². The van der Waals surface area contributed by atoms with Crippen molar-refractivity contribution in [3.63, 3.8) is 0 Å². The lowest BCUT2D eigenvalue weighted by Gasteiger charge is -2.25. The first-order valence-corrected chi connectivity index (χ1v) is 13.8. The summed E-state index contributed by atoms with van der Waals surface area (Å²) in [5.41, 5.74) is 16.4. The van der Waals surface area contributed by atoms with Crippen LogP contribution >= 0.6 is 0 Å². The van der Waals surface area contributed by atoms with Gasteiger partial charge in [0.05, 0.1) is 0 Å². The molecule has 0 N–H and O–H groups in total. The fourth-order valence-corrected chi connectivity index (χ4v) is 6.61. The molecule has 0 spiro atoms. The number of hydrogen-bond acceptors (Lipinski definition) is 0. The Labute approximate surface area is 225 Å². The summed E-state index contributed by atoms with van der Waals surface area (Å²) < 4.78 is 0. The Balaban J connectivity index is 1.58. The van der Waals surface area contributed by atoms with E-state index in [9.17, 15) is 0 Å². The minimum atomic E-state index is 0.978. The molecule has 6 aromatic rings. The second kappa shape index (κ2) is 9.15. The Morgan fingerprint density at radius 3 is 1.29 bits per heavy atom.